The fraction of sp³-hybridized carbons (Fsp3) is 0.222. The molecule has 2 heterocycles. The van der Waals surface area contributed by atoms with E-state index >= 15 is 0 Å². The highest BCUT2D eigenvalue weighted by molar-refractivity contribution is 9.10. The third-order valence-electron chi connectivity index (χ3n) is 4.58. The van der Waals surface area contributed by atoms with E-state index in [0.29, 0.717) is 19.8 Å². The Balaban J connectivity index is 2.07. The van der Waals surface area contributed by atoms with Crippen LogP contribution < -0.4 is 10.6 Å². The Morgan fingerprint density at radius 3 is 2.68 bits per heavy atom. The maximum atomic E-state index is 14.9. The number of ether oxygens (including phenoxy) is 1. The first-order valence-electron chi connectivity index (χ1n) is 8.50. The molecule has 4 rings (SSSR count). The van der Waals surface area contributed by atoms with Crippen LogP contribution in [0.25, 0.3) is 10.9 Å². The van der Waals surface area contributed by atoms with Crippen molar-refractivity contribution in [2.24, 2.45) is 0 Å². The number of rotatable bonds is 2. The first-order chi connectivity index (χ1) is 13.3. The van der Waals surface area contributed by atoms with E-state index in [9.17, 15) is 9.18 Å². The Bertz CT molecular complexity index is 1130. The van der Waals surface area contributed by atoms with E-state index in [2.05, 4.69) is 20.9 Å². The average molecular weight is 434 g/mol. The molecule has 0 atom stereocenters. The largest absolute Gasteiger partial charge is 0.375 e. The number of halogens is 2. The zero-order chi connectivity index (χ0) is 20.1. The molecule has 1 aliphatic rings. The van der Waals surface area contributed by atoms with Gasteiger partial charge in [0.05, 0.1) is 47.7 Å². The maximum absolute atomic E-state index is 14.9. The summed E-state index contributed by atoms with van der Waals surface area (Å²) in [4.78, 5) is 18.6. The molecule has 134 valence electrons. The molecule has 1 aliphatic heterocycles. The zero-order valence-electron chi connectivity index (χ0n) is 14.7. The summed E-state index contributed by atoms with van der Waals surface area (Å²) < 4.78 is 22.3. The van der Waals surface area contributed by atoms with Gasteiger partial charge in [0.25, 0.3) is 0 Å². The minimum atomic E-state index is -2.03. The summed E-state index contributed by atoms with van der Waals surface area (Å²) in [5, 5.41) is -1.93. The molecule has 3 aromatic rings. The van der Waals surface area contributed by atoms with Crippen LogP contribution >= 0.6 is 15.9 Å². The van der Waals surface area contributed by atoms with Crippen LogP contribution in [0.3, 0.4) is 0 Å². The first kappa shape index (κ1) is 19.3. The van der Waals surface area contributed by atoms with Gasteiger partial charge in [-0.25, -0.2) is 9.18 Å². The molecule has 1 aromatic heterocycles. The summed E-state index contributed by atoms with van der Waals surface area (Å²) in [5.41, 5.74) is 1.02. The van der Waals surface area contributed by atoms with Crippen LogP contribution in [-0.4, -0.2) is 46.2 Å². The number of anilines is 2. The maximum Gasteiger partial charge on any atom is 0.348 e. The monoisotopic (exact) mass is 433 g/mol. The molecule has 5 nitrogen and oxygen atoms in total. The van der Waals surface area contributed by atoms with Crippen LogP contribution in [0.15, 0.2) is 45.7 Å². The minimum absolute atomic E-state index is 0.0978. The number of nitrogens with zero attached hydrogens (tertiary/aromatic N) is 3. The van der Waals surface area contributed by atoms with E-state index < -0.39 is 16.7 Å². The molecule has 0 fully saturated rings. The predicted octanol–water partition coefficient (Wildman–Crippen LogP) is 2.04. The highest BCUT2D eigenvalue weighted by Crippen LogP contribution is 2.37. The second-order valence-electron chi connectivity index (χ2n) is 6.52. The molecule has 10 heteroatoms. The molecule has 0 N–H and O–H groups in total. The molecule has 0 unspecified atom stereocenters. The lowest BCUT2D eigenvalue weighted by atomic mass is 9.49. The Kier molecular flexibility index (Phi) is 4.87. The van der Waals surface area contributed by atoms with Crippen LogP contribution in [-0.2, 0) is 16.6 Å². The standard InChI is InChI=1S/C18H12B3BrFN3O2/c19-18(20,21)26-14-6-2-4-12(23)15(14)16(24-17(26)27)25-7-8-28-9-10-11(22)3-1-5-13(10)25/h1-6H,7-9H2. The van der Waals surface area contributed by atoms with Crippen molar-refractivity contribution in [3.8, 4) is 0 Å². The second kappa shape index (κ2) is 7.08. The van der Waals surface area contributed by atoms with Gasteiger partial charge in [-0.05, 0) is 24.3 Å². The van der Waals surface area contributed by atoms with Crippen LogP contribution in [0.2, 0.25) is 0 Å². The average Bonchev–Trinajstić information content (AvgIpc) is 2.83. The first-order valence-corrected chi connectivity index (χ1v) is 9.29. The Morgan fingerprint density at radius 1 is 1.18 bits per heavy atom. The van der Waals surface area contributed by atoms with E-state index in [4.69, 9.17) is 28.3 Å². The predicted molar refractivity (Wildman–Crippen MR) is 112 cm³/mol. The Morgan fingerprint density at radius 2 is 1.93 bits per heavy atom. The number of hydrogen-bond acceptors (Lipinski definition) is 4. The van der Waals surface area contributed by atoms with Gasteiger partial charge in [-0.1, -0.05) is 33.3 Å². The van der Waals surface area contributed by atoms with Gasteiger partial charge in [-0.3, -0.25) is 0 Å². The van der Waals surface area contributed by atoms with Crippen LogP contribution in [0.4, 0.5) is 15.9 Å². The van der Waals surface area contributed by atoms with Gasteiger partial charge in [0.15, 0.2) is 5.82 Å². The summed E-state index contributed by atoms with van der Waals surface area (Å²) in [6.07, 6.45) is 0. The molecular weight excluding hydrogens is 422 g/mol. The SMILES string of the molecule is [B]C([B])([B])n1c(=O)nc(N2CCOCc3c(Br)cccc32)c2c(F)cccc21. The van der Waals surface area contributed by atoms with Crippen molar-refractivity contribution >= 4 is 61.9 Å². The van der Waals surface area contributed by atoms with Crippen LogP contribution in [0.5, 0.6) is 0 Å². The fourth-order valence-corrected chi connectivity index (χ4v) is 3.87. The van der Waals surface area contributed by atoms with E-state index in [-0.39, 0.29) is 16.7 Å². The Labute approximate surface area is 173 Å². The van der Waals surface area contributed by atoms with Crippen molar-refractivity contribution in [2.45, 2.75) is 11.8 Å². The number of hydrogen-bond donors (Lipinski definition) is 0. The van der Waals surface area contributed by atoms with E-state index in [1.807, 2.05) is 18.2 Å². The van der Waals surface area contributed by atoms with Gasteiger partial charge in [-0.2, -0.15) is 4.98 Å². The van der Waals surface area contributed by atoms with Crippen LogP contribution in [0, 0.1) is 5.82 Å². The lowest BCUT2D eigenvalue weighted by molar-refractivity contribution is 0.133. The van der Waals surface area contributed by atoms with Crippen molar-refractivity contribution in [3.05, 3.63) is 62.7 Å². The molecule has 0 saturated heterocycles. The third kappa shape index (κ3) is 3.18. The van der Waals surface area contributed by atoms with E-state index in [1.165, 1.54) is 18.2 Å². The minimum Gasteiger partial charge on any atom is -0.375 e. The topological polar surface area (TPSA) is 47.4 Å². The molecule has 6 radical (unpaired) electrons. The molecule has 0 aliphatic carbocycles. The summed E-state index contributed by atoms with van der Waals surface area (Å²) in [6.45, 7) is 1.13. The number of aromatic nitrogens is 2. The van der Waals surface area contributed by atoms with Crippen molar-refractivity contribution in [2.75, 3.05) is 18.1 Å². The zero-order valence-corrected chi connectivity index (χ0v) is 16.3. The van der Waals surface area contributed by atoms with Gasteiger partial charge < -0.3 is 14.2 Å². The third-order valence-corrected chi connectivity index (χ3v) is 5.33. The number of fused-ring (bicyclic) bond motifs is 2. The smallest absolute Gasteiger partial charge is 0.348 e. The van der Waals surface area contributed by atoms with Gasteiger partial charge in [0.1, 0.15) is 5.82 Å². The van der Waals surface area contributed by atoms with Crippen molar-refractivity contribution < 1.29 is 9.13 Å². The lowest BCUT2D eigenvalue weighted by Crippen LogP contribution is -2.44. The molecule has 2 aromatic carbocycles. The summed E-state index contributed by atoms with van der Waals surface area (Å²) in [5.74, 6) is -0.414. The van der Waals surface area contributed by atoms with Crippen molar-refractivity contribution in [1.82, 2.24) is 9.55 Å². The van der Waals surface area contributed by atoms with E-state index in [1.54, 1.807) is 4.90 Å². The van der Waals surface area contributed by atoms with Gasteiger partial charge in [0, 0.05) is 22.3 Å². The van der Waals surface area contributed by atoms with Crippen molar-refractivity contribution in [3.63, 3.8) is 0 Å². The van der Waals surface area contributed by atoms with Crippen LogP contribution in [0.1, 0.15) is 5.56 Å². The second-order valence-corrected chi connectivity index (χ2v) is 7.37. The molecule has 0 bridgehead atoms. The summed E-state index contributed by atoms with van der Waals surface area (Å²) >= 11 is 3.52. The molecule has 0 spiro atoms. The Hall–Kier alpha value is -2.06. The molecular formula is C18H12B3BrFN3O2. The highest BCUT2D eigenvalue weighted by Gasteiger charge is 2.26. The molecule has 0 amide bonds. The summed E-state index contributed by atoms with van der Waals surface area (Å²) in [6, 6.07) is 9.88. The molecule has 0 saturated carbocycles. The van der Waals surface area contributed by atoms with Gasteiger partial charge >= 0.3 is 5.69 Å². The van der Waals surface area contributed by atoms with Crippen molar-refractivity contribution in [1.29, 1.82) is 0 Å². The van der Waals surface area contributed by atoms with E-state index in [0.717, 1.165) is 20.3 Å². The fourth-order valence-electron chi connectivity index (χ4n) is 3.40. The highest BCUT2D eigenvalue weighted by atomic mass is 79.9. The quantitative estimate of drug-likeness (QED) is 0.581. The molecule has 28 heavy (non-hydrogen) atoms. The number of benzene rings is 2. The lowest BCUT2D eigenvalue weighted by Gasteiger charge is -2.29. The van der Waals surface area contributed by atoms with Gasteiger partial charge in [-0.15, -0.1) is 0 Å². The van der Waals surface area contributed by atoms with Gasteiger partial charge in [0.2, 0.25) is 0 Å². The summed E-state index contributed by atoms with van der Waals surface area (Å²) in [7, 11) is 17.2. The normalized spacial score (nSPS) is 14.7.